The third-order valence-electron chi connectivity index (χ3n) is 5.62. The Morgan fingerprint density at radius 3 is 2.55 bits per heavy atom. The molecule has 4 rings (SSSR count). The van der Waals surface area contributed by atoms with Gasteiger partial charge in [-0.25, -0.2) is 0 Å². The van der Waals surface area contributed by atoms with Gasteiger partial charge in [-0.1, -0.05) is 18.2 Å². The number of hydrogen-bond donors (Lipinski definition) is 1. The van der Waals surface area contributed by atoms with Crippen molar-refractivity contribution < 1.29 is 14.3 Å². The van der Waals surface area contributed by atoms with E-state index in [1.807, 2.05) is 47.5 Å². The fraction of sp³-hybridized carbons (Fsp3) is 0.348. The highest BCUT2D eigenvalue weighted by Gasteiger charge is 2.22. The van der Waals surface area contributed by atoms with Crippen LogP contribution in [0.25, 0.3) is 10.9 Å². The first-order valence-electron chi connectivity index (χ1n) is 9.94. The molecular weight excluding hydrogens is 366 g/mol. The van der Waals surface area contributed by atoms with Crippen LogP contribution in [0.1, 0.15) is 11.1 Å². The van der Waals surface area contributed by atoms with Crippen LogP contribution < -0.4 is 9.47 Å². The number of rotatable bonds is 6. The minimum atomic E-state index is 0.188. The van der Waals surface area contributed by atoms with Gasteiger partial charge in [-0.3, -0.25) is 9.69 Å². The van der Waals surface area contributed by atoms with Crippen molar-refractivity contribution in [3.05, 3.63) is 59.8 Å². The zero-order chi connectivity index (χ0) is 20.2. The van der Waals surface area contributed by atoms with Crippen molar-refractivity contribution in [2.24, 2.45) is 0 Å². The number of fused-ring (bicyclic) bond motifs is 1. The van der Waals surface area contributed by atoms with Crippen LogP contribution in [0.15, 0.2) is 48.7 Å². The molecule has 0 unspecified atom stereocenters. The Hall–Kier alpha value is -2.99. The number of methoxy groups -OCH3 is 2. The highest BCUT2D eigenvalue weighted by Crippen LogP contribution is 2.26. The smallest absolute Gasteiger partial charge is 0.227 e. The van der Waals surface area contributed by atoms with Crippen molar-refractivity contribution in [3.63, 3.8) is 0 Å². The molecule has 0 spiro atoms. The van der Waals surface area contributed by atoms with Crippen LogP contribution in [-0.2, 0) is 17.8 Å². The second kappa shape index (κ2) is 8.57. The van der Waals surface area contributed by atoms with E-state index in [4.69, 9.17) is 9.47 Å². The molecule has 0 atom stereocenters. The highest BCUT2D eigenvalue weighted by atomic mass is 16.5. The van der Waals surface area contributed by atoms with Gasteiger partial charge in [0.2, 0.25) is 5.91 Å². The van der Waals surface area contributed by atoms with Crippen molar-refractivity contribution in [1.29, 1.82) is 0 Å². The number of H-pyrrole nitrogens is 1. The first kappa shape index (κ1) is 19.3. The van der Waals surface area contributed by atoms with Gasteiger partial charge in [0, 0.05) is 55.4 Å². The van der Waals surface area contributed by atoms with Gasteiger partial charge in [0.1, 0.15) is 11.5 Å². The van der Waals surface area contributed by atoms with E-state index in [1.54, 1.807) is 14.2 Å². The van der Waals surface area contributed by atoms with Crippen molar-refractivity contribution in [2.75, 3.05) is 40.4 Å². The number of carbonyl (C=O) groups is 1. The zero-order valence-electron chi connectivity index (χ0n) is 17.0. The van der Waals surface area contributed by atoms with Crippen LogP contribution in [-0.4, -0.2) is 61.1 Å². The Labute approximate surface area is 171 Å². The molecule has 2 heterocycles. The first-order chi connectivity index (χ1) is 14.2. The van der Waals surface area contributed by atoms with E-state index in [1.165, 1.54) is 0 Å². The average Bonchev–Trinajstić information content (AvgIpc) is 3.17. The number of aromatic amines is 1. The number of ether oxygens (including phenoxy) is 2. The molecule has 1 aromatic heterocycles. The Kier molecular flexibility index (Phi) is 5.71. The Morgan fingerprint density at radius 2 is 1.79 bits per heavy atom. The molecule has 0 radical (unpaired) electrons. The summed E-state index contributed by atoms with van der Waals surface area (Å²) in [5.41, 5.74) is 3.24. The maximum Gasteiger partial charge on any atom is 0.227 e. The number of benzene rings is 2. The number of amides is 1. The molecule has 6 heteroatoms. The average molecular weight is 393 g/mol. The van der Waals surface area contributed by atoms with Gasteiger partial charge < -0.3 is 19.4 Å². The molecule has 1 aliphatic rings. The molecule has 1 N–H and O–H groups in total. The summed E-state index contributed by atoms with van der Waals surface area (Å²) in [7, 11) is 3.36. The molecule has 3 aromatic rings. The topological polar surface area (TPSA) is 57.8 Å². The maximum atomic E-state index is 12.8. The lowest BCUT2D eigenvalue weighted by atomic mass is 10.1. The van der Waals surface area contributed by atoms with Gasteiger partial charge in [0.15, 0.2) is 0 Å². The van der Waals surface area contributed by atoms with Crippen molar-refractivity contribution in [2.45, 2.75) is 13.0 Å². The molecule has 1 aliphatic heterocycles. The second-order valence-corrected chi connectivity index (χ2v) is 7.37. The summed E-state index contributed by atoms with van der Waals surface area (Å²) in [6.45, 7) is 3.96. The van der Waals surface area contributed by atoms with Gasteiger partial charge in [-0.15, -0.1) is 0 Å². The Morgan fingerprint density at radius 1 is 1.00 bits per heavy atom. The highest BCUT2D eigenvalue weighted by molar-refractivity contribution is 5.88. The molecular formula is C23H27N3O3. The summed E-state index contributed by atoms with van der Waals surface area (Å²) in [6, 6.07) is 14.0. The largest absolute Gasteiger partial charge is 0.497 e. The standard InChI is InChI=1S/C23H27N3O3/c1-28-19-7-8-22(29-2)18(13-19)16-25-9-11-26(12-10-25)23(27)14-17-15-24-21-6-4-3-5-20(17)21/h3-8,13,15,24H,9-12,14,16H2,1-2H3. The van der Waals surface area contributed by atoms with Crippen molar-refractivity contribution in [1.82, 2.24) is 14.8 Å². The maximum absolute atomic E-state index is 12.8. The quantitative estimate of drug-likeness (QED) is 0.699. The van der Waals surface area contributed by atoms with Crippen LogP contribution in [0, 0.1) is 0 Å². The number of carbonyl (C=O) groups excluding carboxylic acids is 1. The molecule has 152 valence electrons. The van der Waals surface area contributed by atoms with Crippen LogP contribution in [0.3, 0.4) is 0 Å². The summed E-state index contributed by atoms with van der Waals surface area (Å²) in [5, 5.41) is 1.13. The molecule has 2 aromatic carbocycles. The summed E-state index contributed by atoms with van der Waals surface area (Å²) in [6.07, 6.45) is 2.39. The fourth-order valence-corrected chi connectivity index (χ4v) is 3.95. The van der Waals surface area contributed by atoms with E-state index in [0.717, 1.165) is 66.3 Å². The minimum Gasteiger partial charge on any atom is -0.497 e. The minimum absolute atomic E-state index is 0.188. The number of para-hydroxylation sites is 1. The Balaban J connectivity index is 1.35. The molecule has 29 heavy (non-hydrogen) atoms. The van der Waals surface area contributed by atoms with E-state index >= 15 is 0 Å². The lowest BCUT2D eigenvalue weighted by Gasteiger charge is -2.35. The molecule has 1 amide bonds. The normalized spacial score (nSPS) is 14.9. The molecule has 0 bridgehead atoms. The predicted octanol–water partition coefficient (Wildman–Crippen LogP) is 3.07. The third kappa shape index (κ3) is 4.22. The number of hydrogen-bond acceptors (Lipinski definition) is 4. The van der Waals surface area contributed by atoms with Gasteiger partial charge in [-0.2, -0.15) is 0 Å². The number of aromatic nitrogens is 1. The molecule has 0 saturated carbocycles. The van der Waals surface area contributed by atoms with Crippen molar-refractivity contribution >= 4 is 16.8 Å². The summed E-state index contributed by atoms with van der Waals surface area (Å²) >= 11 is 0. The number of piperazine rings is 1. The molecule has 6 nitrogen and oxygen atoms in total. The van der Waals surface area contributed by atoms with E-state index < -0.39 is 0 Å². The van der Waals surface area contributed by atoms with E-state index in [9.17, 15) is 4.79 Å². The van der Waals surface area contributed by atoms with Crippen LogP contribution in [0.2, 0.25) is 0 Å². The van der Waals surface area contributed by atoms with Gasteiger partial charge in [0.25, 0.3) is 0 Å². The summed E-state index contributed by atoms with van der Waals surface area (Å²) in [4.78, 5) is 20.4. The SMILES string of the molecule is COc1ccc(OC)c(CN2CCN(C(=O)Cc3c[nH]c4ccccc34)CC2)c1. The molecule has 1 saturated heterocycles. The van der Waals surface area contributed by atoms with Gasteiger partial charge >= 0.3 is 0 Å². The zero-order valence-corrected chi connectivity index (χ0v) is 17.0. The van der Waals surface area contributed by atoms with E-state index in [0.29, 0.717) is 6.42 Å². The second-order valence-electron chi connectivity index (χ2n) is 7.37. The number of nitrogens with one attached hydrogen (secondary N) is 1. The van der Waals surface area contributed by atoms with Gasteiger partial charge in [0.05, 0.1) is 20.6 Å². The summed E-state index contributed by atoms with van der Waals surface area (Å²) < 4.78 is 10.8. The van der Waals surface area contributed by atoms with E-state index in [2.05, 4.69) is 16.0 Å². The van der Waals surface area contributed by atoms with E-state index in [-0.39, 0.29) is 5.91 Å². The fourth-order valence-electron chi connectivity index (χ4n) is 3.95. The van der Waals surface area contributed by atoms with Crippen molar-refractivity contribution in [3.8, 4) is 11.5 Å². The molecule has 0 aliphatic carbocycles. The Bertz CT molecular complexity index is 990. The first-order valence-corrected chi connectivity index (χ1v) is 9.94. The lowest BCUT2D eigenvalue weighted by Crippen LogP contribution is -2.48. The van der Waals surface area contributed by atoms with Gasteiger partial charge in [-0.05, 0) is 29.8 Å². The lowest BCUT2D eigenvalue weighted by molar-refractivity contribution is -0.132. The predicted molar refractivity (Wildman–Crippen MR) is 113 cm³/mol. The summed E-state index contributed by atoms with van der Waals surface area (Å²) in [5.74, 6) is 1.88. The monoisotopic (exact) mass is 393 g/mol. The van der Waals surface area contributed by atoms with Crippen LogP contribution in [0.4, 0.5) is 0 Å². The van der Waals surface area contributed by atoms with Crippen LogP contribution in [0.5, 0.6) is 11.5 Å². The molecule has 1 fully saturated rings. The third-order valence-corrected chi connectivity index (χ3v) is 5.62. The number of nitrogens with zero attached hydrogens (tertiary/aromatic N) is 2. The van der Waals surface area contributed by atoms with Crippen LogP contribution >= 0.6 is 0 Å².